The van der Waals surface area contributed by atoms with Gasteiger partial charge in [-0.1, -0.05) is 23.2 Å². The smallest absolute Gasteiger partial charge is 0.254 e. The molecule has 1 aliphatic heterocycles. The van der Waals surface area contributed by atoms with Gasteiger partial charge >= 0.3 is 0 Å². The predicted octanol–water partition coefficient (Wildman–Crippen LogP) is 3.51. The summed E-state index contributed by atoms with van der Waals surface area (Å²) in [6.45, 7) is 5.67. The van der Waals surface area contributed by atoms with E-state index in [2.05, 4.69) is 15.2 Å². The Morgan fingerprint density at radius 3 is 2.78 bits per heavy atom. The van der Waals surface area contributed by atoms with Crippen molar-refractivity contribution >= 4 is 35.7 Å². The molecular weight excluding hydrogens is 451 g/mol. The zero-order chi connectivity index (χ0) is 22.7. The molecule has 4 rings (SSSR count). The molecule has 1 N–H and O–H groups in total. The maximum Gasteiger partial charge on any atom is 0.254 e. The Bertz CT molecular complexity index is 1070. The number of halogens is 2. The van der Waals surface area contributed by atoms with Crippen molar-refractivity contribution in [2.24, 2.45) is 5.41 Å². The van der Waals surface area contributed by atoms with Gasteiger partial charge in [-0.05, 0) is 56.5 Å². The van der Waals surface area contributed by atoms with E-state index >= 15 is 0 Å². The lowest BCUT2D eigenvalue weighted by atomic mass is 9.61. The van der Waals surface area contributed by atoms with Crippen LogP contribution in [0.25, 0.3) is 6.08 Å². The Labute approximate surface area is 197 Å². The highest BCUT2D eigenvalue weighted by Crippen LogP contribution is 2.50. The molecule has 0 atom stereocenters. The third kappa shape index (κ3) is 5.00. The third-order valence-electron chi connectivity index (χ3n) is 6.28. The van der Waals surface area contributed by atoms with E-state index < -0.39 is 0 Å². The lowest BCUT2D eigenvalue weighted by Crippen LogP contribution is -2.64. The topological polar surface area (TPSA) is 76.5 Å². The maximum atomic E-state index is 11.9. The van der Waals surface area contributed by atoms with Crippen LogP contribution < -0.4 is 15.6 Å². The summed E-state index contributed by atoms with van der Waals surface area (Å²) in [7, 11) is 0. The van der Waals surface area contributed by atoms with Crippen LogP contribution in [0, 0.1) is 12.3 Å². The second kappa shape index (κ2) is 9.65. The molecule has 1 amide bonds. The number of aromatic nitrogens is 2. The predicted molar refractivity (Wildman–Crippen MR) is 125 cm³/mol. The number of hydrogen-bond donors (Lipinski definition) is 1. The summed E-state index contributed by atoms with van der Waals surface area (Å²) in [5.41, 5.74) is 2.04. The molecule has 1 spiro atoms. The van der Waals surface area contributed by atoms with Gasteiger partial charge in [-0.15, -0.1) is 0 Å². The summed E-state index contributed by atoms with van der Waals surface area (Å²) >= 11 is 12.0. The van der Waals surface area contributed by atoms with E-state index in [1.807, 2.05) is 25.1 Å². The van der Waals surface area contributed by atoms with Gasteiger partial charge in [0.05, 0.1) is 12.4 Å². The summed E-state index contributed by atoms with van der Waals surface area (Å²) in [6, 6.07) is 5.08. The molecule has 1 aromatic carbocycles. The van der Waals surface area contributed by atoms with Gasteiger partial charge in [0, 0.05) is 47.9 Å². The highest BCUT2D eigenvalue weighted by Gasteiger charge is 2.53. The molecule has 1 saturated heterocycles. The molecule has 0 radical (unpaired) electrons. The minimum absolute atomic E-state index is 0.113. The van der Waals surface area contributed by atoms with E-state index in [1.165, 1.54) is 12.4 Å². The van der Waals surface area contributed by atoms with Crippen molar-refractivity contribution in [3.63, 3.8) is 0 Å². The fraction of sp³-hybridized carbons (Fsp3) is 0.435. The van der Waals surface area contributed by atoms with Crippen LogP contribution in [0.3, 0.4) is 0 Å². The number of benzene rings is 1. The number of hydrogen-bond acceptors (Lipinski definition) is 5. The molecule has 1 aliphatic carbocycles. The minimum Gasteiger partial charge on any atom is -0.490 e. The van der Waals surface area contributed by atoms with Gasteiger partial charge in [-0.3, -0.25) is 14.2 Å². The van der Waals surface area contributed by atoms with Gasteiger partial charge in [-0.25, -0.2) is 4.98 Å². The van der Waals surface area contributed by atoms with Crippen LogP contribution in [0.5, 0.6) is 5.75 Å². The standard InChI is InChI=1S/C23H26Cl2N4O3/c1-16-18(5-6-26-15-30)20(4-3-19(16)24)32-17-10-23(11-17)12-28(13-23)7-2-8-29-14-27-21(25)9-22(29)31/h3-6,9,14-15,17H,2,7-8,10-13H2,1H3,(H,26,30)/b6-5-. The fourth-order valence-electron chi connectivity index (χ4n) is 4.68. The molecule has 0 unspecified atom stereocenters. The molecule has 2 heterocycles. The van der Waals surface area contributed by atoms with E-state index in [1.54, 1.807) is 10.8 Å². The van der Waals surface area contributed by atoms with Crippen molar-refractivity contribution in [1.82, 2.24) is 19.8 Å². The number of likely N-dealkylation sites (tertiary alicyclic amines) is 1. The number of carbonyl (C=O) groups is 1. The van der Waals surface area contributed by atoms with E-state index in [-0.39, 0.29) is 16.8 Å². The van der Waals surface area contributed by atoms with E-state index in [9.17, 15) is 9.59 Å². The number of carbonyl (C=O) groups excluding carboxylic acids is 1. The van der Waals surface area contributed by atoms with Crippen LogP contribution >= 0.6 is 23.2 Å². The fourth-order valence-corrected chi connectivity index (χ4v) is 4.98. The number of rotatable bonds is 9. The number of ether oxygens (including phenoxy) is 1. The Hall–Kier alpha value is -2.35. The number of nitrogens with one attached hydrogen (secondary N) is 1. The Morgan fingerprint density at radius 1 is 1.28 bits per heavy atom. The first-order valence-corrected chi connectivity index (χ1v) is 11.4. The van der Waals surface area contributed by atoms with Crippen LogP contribution in [0.1, 0.15) is 30.4 Å². The zero-order valence-corrected chi connectivity index (χ0v) is 19.4. The van der Waals surface area contributed by atoms with Crippen LogP contribution in [-0.4, -0.2) is 46.6 Å². The van der Waals surface area contributed by atoms with Gasteiger partial charge in [-0.2, -0.15) is 0 Å². The summed E-state index contributed by atoms with van der Waals surface area (Å²) in [5.74, 6) is 0.786. The van der Waals surface area contributed by atoms with Gasteiger partial charge in [0.15, 0.2) is 0 Å². The molecular formula is C23H26Cl2N4O3. The van der Waals surface area contributed by atoms with Gasteiger partial charge < -0.3 is 15.0 Å². The molecule has 2 fully saturated rings. The lowest BCUT2D eigenvalue weighted by Gasteiger charge is -2.58. The van der Waals surface area contributed by atoms with Crippen molar-refractivity contribution in [2.75, 3.05) is 19.6 Å². The Kier molecular flexibility index (Phi) is 6.88. The van der Waals surface area contributed by atoms with Crippen molar-refractivity contribution in [3.05, 3.63) is 62.4 Å². The second-order valence-electron chi connectivity index (χ2n) is 8.66. The molecule has 2 aromatic rings. The van der Waals surface area contributed by atoms with E-state index in [4.69, 9.17) is 27.9 Å². The quantitative estimate of drug-likeness (QED) is 0.442. The highest BCUT2D eigenvalue weighted by atomic mass is 35.5. The lowest BCUT2D eigenvalue weighted by molar-refractivity contribution is -0.119. The zero-order valence-electron chi connectivity index (χ0n) is 17.9. The first-order valence-electron chi connectivity index (χ1n) is 10.7. The number of aryl methyl sites for hydroxylation is 1. The van der Waals surface area contributed by atoms with Crippen molar-refractivity contribution in [1.29, 1.82) is 0 Å². The van der Waals surface area contributed by atoms with Crippen LogP contribution in [0.2, 0.25) is 10.2 Å². The third-order valence-corrected chi connectivity index (χ3v) is 6.89. The maximum absolute atomic E-state index is 11.9. The van der Waals surface area contributed by atoms with Gasteiger partial charge in [0.25, 0.3) is 5.56 Å². The van der Waals surface area contributed by atoms with Crippen molar-refractivity contribution in [3.8, 4) is 5.75 Å². The van der Waals surface area contributed by atoms with Crippen LogP contribution in [-0.2, 0) is 11.3 Å². The molecule has 2 aliphatic rings. The molecule has 0 bridgehead atoms. The summed E-state index contributed by atoms with van der Waals surface area (Å²) < 4.78 is 7.87. The molecule has 1 aromatic heterocycles. The van der Waals surface area contributed by atoms with Gasteiger partial charge in [0.1, 0.15) is 10.9 Å². The molecule has 1 saturated carbocycles. The number of amides is 1. The van der Waals surface area contributed by atoms with Crippen molar-refractivity contribution in [2.45, 2.75) is 38.8 Å². The summed E-state index contributed by atoms with van der Waals surface area (Å²) in [4.78, 5) is 28.8. The van der Waals surface area contributed by atoms with E-state index in [0.29, 0.717) is 23.4 Å². The first kappa shape index (κ1) is 22.8. The van der Waals surface area contributed by atoms with Crippen LogP contribution in [0.4, 0.5) is 0 Å². The average Bonchev–Trinajstić information content (AvgIpc) is 2.70. The van der Waals surface area contributed by atoms with E-state index in [0.717, 1.165) is 55.8 Å². The average molecular weight is 477 g/mol. The minimum atomic E-state index is -0.113. The Balaban J connectivity index is 1.24. The molecule has 7 nitrogen and oxygen atoms in total. The second-order valence-corrected chi connectivity index (χ2v) is 9.45. The van der Waals surface area contributed by atoms with Gasteiger partial charge in [0.2, 0.25) is 6.41 Å². The van der Waals surface area contributed by atoms with Crippen LogP contribution in [0.15, 0.2) is 35.5 Å². The molecule has 32 heavy (non-hydrogen) atoms. The SMILES string of the molecule is Cc1c(Cl)ccc(OC2CC3(C2)CN(CCCn2cnc(Cl)cc2=O)C3)c1/C=C\NC=O. The monoisotopic (exact) mass is 476 g/mol. The first-order chi connectivity index (χ1) is 15.4. The molecule has 170 valence electrons. The Morgan fingerprint density at radius 2 is 2.06 bits per heavy atom. The normalized spacial score (nSPS) is 17.8. The summed E-state index contributed by atoms with van der Waals surface area (Å²) in [6.07, 6.45) is 8.66. The highest BCUT2D eigenvalue weighted by molar-refractivity contribution is 6.31. The molecule has 9 heteroatoms. The summed E-state index contributed by atoms with van der Waals surface area (Å²) in [5, 5.41) is 3.42. The van der Waals surface area contributed by atoms with Crippen molar-refractivity contribution < 1.29 is 9.53 Å². The largest absolute Gasteiger partial charge is 0.490 e. The number of nitrogens with zero attached hydrogens (tertiary/aromatic N) is 3.